The van der Waals surface area contributed by atoms with Crippen molar-refractivity contribution in [2.45, 2.75) is 39.0 Å². The summed E-state index contributed by atoms with van der Waals surface area (Å²) in [5, 5.41) is 3.20. The molecule has 0 heterocycles. The van der Waals surface area contributed by atoms with Crippen LogP contribution in [-0.2, 0) is 10.0 Å². The lowest BCUT2D eigenvalue weighted by atomic mass is 10.2. The normalized spacial score (nSPS) is 12.1. The van der Waals surface area contributed by atoms with Crippen molar-refractivity contribution in [1.82, 2.24) is 4.31 Å². The quantitative estimate of drug-likeness (QED) is 0.802. The third kappa shape index (κ3) is 4.21. The number of hydrogen-bond acceptors (Lipinski definition) is 3. The van der Waals surface area contributed by atoms with Crippen LogP contribution in [0.3, 0.4) is 0 Å². The zero-order valence-corrected chi connectivity index (χ0v) is 13.7. The van der Waals surface area contributed by atoms with Crippen molar-refractivity contribution in [2.75, 3.05) is 25.0 Å². The number of anilines is 1. The molecule has 1 N–H and O–H groups in total. The summed E-state index contributed by atoms with van der Waals surface area (Å²) in [4.78, 5) is 0.371. The maximum absolute atomic E-state index is 12.8. The Morgan fingerprint density at radius 2 is 1.85 bits per heavy atom. The van der Waals surface area contributed by atoms with Crippen LogP contribution in [0.15, 0.2) is 29.2 Å². The van der Waals surface area contributed by atoms with Gasteiger partial charge in [0, 0.05) is 19.6 Å². The van der Waals surface area contributed by atoms with Gasteiger partial charge < -0.3 is 5.32 Å². The topological polar surface area (TPSA) is 49.4 Å². The fourth-order valence-electron chi connectivity index (χ4n) is 2.04. The van der Waals surface area contributed by atoms with Gasteiger partial charge in [-0.1, -0.05) is 39.8 Å². The Labute approximate surface area is 123 Å². The molecule has 0 spiro atoms. The molecule has 20 heavy (non-hydrogen) atoms. The van der Waals surface area contributed by atoms with Gasteiger partial charge in [0.05, 0.1) is 5.69 Å². The van der Waals surface area contributed by atoms with Gasteiger partial charge in [-0.25, -0.2) is 8.42 Å². The molecular formula is C15H26N2O2S. The summed E-state index contributed by atoms with van der Waals surface area (Å²) >= 11 is 0. The Balaban J connectivity index is 3.13. The third-order valence-corrected chi connectivity index (χ3v) is 4.99. The first-order valence-corrected chi connectivity index (χ1v) is 8.70. The molecule has 1 aromatic rings. The van der Waals surface area contributed by atoms with Gasteiger partial charge in [-0.3, -0.25) is 0 Å². The highest BCUT2D eigenvalue weighted by Gasteiger charge is 2.26. The lowest BCUT2D eigenvalue weighted by molar-refractivity contribution is 0.381. The first kappa shape index (κ1) is 17.0. The molecule has 0 saturated heterocycles. The zero-order chi connectivity index (χ0) is 15.2. The lowest BCUT2D eigenvalue weighted by Crippen LogP contribution is -2.34. The number of sulfonamides is 1. The van der Waals surface area contributed by atoms with Crippen molar-refractivity contribution in [3.8, 4) is 0 Å². The molecule has 1 rings (SSSR count). The van der Waals surface area contributed by atoms with E-state index in [1.807, 2.05) is 32.9 Å². The average molecular weight is 298 g/mol. The Hall–Kier alpha value is -1.07. The number of hydrogen-bond donors (Lipinski definition) is 1. The van der Waals surface area contributed by atoms with E-state index in [4.69, 9.17) is 0 Å². The Morgan fingerprint density at radius 1 is 1.20 bits per heavy atom. The van der Waals surface area contributed by atoms with E-state index in [9.17, 15) is 8.42 Å². The number of benzene rings is 1. The average Bonchev–Trinajstić information content (AvgIpc) is 2.42. The second-order valence-electron chi connectivity index (χ2n) is 5.27. The first-order valence-electron chi connectivity index (χ1n) is 7.26. The number of rotatable bonds is 8. The molecule has 4 nitrogen and oxygen atoms in total. The summed E-state index contributed by atoms with van der Waals surface area (Å²) in [6, 6.07) is 7.13. The van der Waals surface area contributed by atoms with Crippen LogP contribution in [0.25, 0.3) is 0 Å². The van der Waals surface area contributed by atoms with Crippen LogP contribution in [0.5, 0.6) is 0 Å². The van der Waals surface area contributed by atoms with Gasteiger partial charge in [0.15, 0.2) is 0 Å². The van der Waals surface area contributed by atoms with Crippen LogP contribution in [0, 0.1) is 5.92 Å². The van der Waals surface area contributed by atoms with E-state index in [2.05, 4.69) is 12.2 Å². The minimum atomic E-state index is -3.44. The van der Waals surface area contributed by atoms with Crippen molar-refractivity contribution in [3.63, 3.8) is 0 Å². The fraction of sp³-hybridized carbons (Fsp3) is 0.600. The van der Waals surface area contributed by atoms with E-state index in [1.165, 1.54) is 0 Å². The monoisotopic (exact) mass is 298 g/mol. The van der Waals surface area contributed by atoms with Gasteiger partial charge in [0.2, 0.25) is 10.0 Å². The minimum absolute atomic E-state index is 0.306. The van der Waals surface area contributed by atoms with E-state index in [1.54, 1.807) is 16.4 Å². The number of para-hydroxylation sites is 1. The summed E-state index contributed by atoms with van der Waals surface area (Å²) in [6.07, 6.45) is 0.956. The molecule has 1 aromatic carbocycles. The number of nitrogens with zero attached hydrogens (tertiary/aromatic N) is 1. The highest BCUT2D eigenvalue weighted by atomic mass is 32.2. The number of nitrogens with one attached hydrogen (secondary N) is 1. The fourth-order valence-corrected chi connectivity index (χ4v) is 3.82. The van der Waals surface area contributed by atoms with Gasteiger partial charge in [-0.05, 0) is 24.5 Å². The molecule has 0 bridgehead atoms. The molecular weight excluding hydrogens is 272 g/mol. The molecule has 0 aliphatic rings. The molecule has 0 saturated carbocycles. The summed E-state index contributed by atoms with van der Waals surface area (Å²) in [5.41, 5.74) is 0.691. The standard InChI is InChI=1S/C15H26N2O2S/c1-5-11-16-14-9-7-8-10-15(14)20(18,19)17(6-2)12-13(3)4/h7-10,13,16H,5-6,11-12H2,1-4H3. The highest BCUT2D eigenvalue weighted by molar-refractivity contribution is 7.89. The van der Waals surface area contributed by atoms with Crippen LogP contribution in [0.1, 0.15) is 34.1 Å². The Morgan fingerprint density at radius 3 is 2.40 bits per heavy atom. The maximum atomic E-state index is 12.8. The SMILES string of the molecule is CCCNc1ccccc1S(=O)(=O)N(CC)CC(C)C. The van der Waals surface area contributed by atoms with Crippen LogP contribution >= 0.6 is 0 Å². The second-order valence-corrected chi connectivity index (χ2v) is 7.18. The summed E-state index contributed by atoms with van der Waals surface area (Å²) in [6.45, 7) is 9.79. The van der Waals surface area contributed by atoms with Gasteiger partial charge in [-0.2, -0.15) is 4.31 Å². The van der Waals surface area contributed by atoms with Crippen LogP contribution in [0.2, 0.25) is 0 Å². The van der Waals surface area contributed by atoms with Crippen LogP contribution in [0.4, 0.5) is 5.69 Å². The molecule has 0 atom stereocenters. The smallest absolute Gasteiger partial charge is 0.245 e. The van der Waals surface area contributed by atoms with Gasteiger partial charge >= 0.3 is 0 Å². The highest BCUT2D eigenvalue weighted by Crippen LogP contribution is 2.25. The molecule has 0 unspecified atom stereocenters. The van der Waals surface area contributed by atoms with Crippen molar-refractivity contribution in [2.24, 2.45) is 5.92 Å². The summed E-state index contributed by atoms with van der Waals surface area (Å²) in [7, 11) is -3.44. The van der Waals surface area contributed by atoms with Crippen LogP contribution in [-0.4, -0.2) is 32.4 Å². The van der Waals surface area contributed by atoms with Crippen molar-refractivity contribution >= 4 is 15.7 Å². The molecule has 5 heteroatoms. The molecule has 0 fully saturated rings. The largest absolute Gasteiger partial charge is 0.384 e. The first-order chi connectivity index (χ1) is 9.43. The second kappa shape index (κ2) is 7.64. The molecule has 0 aromatic heterocycles. The Bertz CT molecular complexity index is 512. The minimum Gasteiger partial charge on any atom is -0.384 e. The van der Waals surface area contributed by atoms with Crippen molar-refractivity contribution in [3.05, 3.63) is 24.3 Å². The molecule has 0 amide bonds. The summed E-state index contributed by atoms with van der Waals surface area (Å²) in [5.74, 6) is 0.306. The van der Waals surface area contributed by atoms with E-state index < -0.39 is 10.0 Å². The molecule has 114 valence electrons. The molecule has 0 radical (unpaired) electrons. The van der Waals surface area contributed by atoms with Crippen LogP contribution < -0.4 is 5.32 Å². The molecule has 0 aliphatic carbocycles. The van der Waals surface area contributed by atoms with E-state index in [0.717, 1.165) is 13.0 Å². The van der Waals surface area contributed by atoms with Gasteiger partial charge in [0.1, 0.15) is 4.90 Å². The Kier molecular flexibility index (Phi) is 6.49. The summed E-state index contributed by atoms with van der Waals surface area (Å²) < 4.78 is 27.1. The lowest BCUT2D eigenvalue weighted by Gasteiger charge is -2.24. The van der Waals surface area contributed by atoms with Crippen molar-refractivity contribution in [1.29, 1.82) is 0 Å². The third-order valence-electron chi connectivity index (χ3n) is 2.99. The predicted octanol–water partition coefficient (Wildman–Crippen LogP) is 3.18. The van der Waals surface area contributed by atoms with Gasteiger partial charge in [-0.15, -0.1) is 0 Å². The maximum Gasteiger partial charge on any atom is 0.245 e. The van der Waals surface area contributed by atoms with Crippen molar-refractivity contribution < 1.29 is 8.42 Å². The van der Waals surface area contributed by atoms with E-state index in [-0.39, 0.29) is 0 Å². The van der Waals surface area contributed by atoms with E-state index >= 15 is 0 Å². The predicted molar refractivity (Wildman–Crippen MR) is 84.5 cm³/mol. The van der Waals surface area contributed by atoms with E-state index in [0.29, 0.717) is 29.6 Å². The zero-order valence-electron chi connectivity index (χ0n) is 12.9. The molecule has 0 aliphatic heterocycles. The van der Waals surface area contributed by atoms with Gasteiger partial charge in [0.25, 0.3) is 0 Å².